The molecule has 0 amide bonds. The molecular weight excluding hydrogens is 280 g/mol. The van der Waals surface area contributed by atoms with E-state index in [0.717, 1.165) is 0 Å². The molecule has 0 saturated heterocycles. The molecule has 0 aliphatic heterocycles. The van der Waals surface area contributed by atoms with Crippen molar-refractivity contribution in [2.24, 2.45) is 5.73 Å². The number of benzene rings is 1. The number of rotatable bonds is 7. The molecule has 2 N–H and O–H groups in total. The van der Waals surface area contributed by atoms with Crippen LogP contribution in [-0.2, 0) is 16.0 Å². The summed E-state index contributed by atoms with van der Waals surface area (Å²) >= 11 is 0. The van der Waals surface area contributed by atoms with Gasteiger partial charge in [-0.2, -0.15) is 0 Å². The molecule has 116 valence electrons. The summed E-state index contributed by atoms with van der Waals surface area (Å²) in [6.07, 6.45) is -0.0878. The van der Waals surface area contributed by atoms with E-state index >= 15 is 0 Å². The summed E-state index contributed by atoms with van der Waals surface area (Å²) in [6, 6.07) is 1.69. The van der Waals surface area contributed by atoms with Crippen LogP contribution in [0.4, 0.5) is 5.69 Å². The Morgan fingerprint density at radius 3 is 2.52 bits per heavy atom. The normalized spacial score (nSPS) is 11.6. The van der Waals surface area contributed by atoms with Crippen LogP contribution in [0.2, 0.25) is 0 Å². The smallest absolute Gasteiger partial charge is 0.323 e. The van der Waals surface area contributed by atoms with Crippen molar-refractivity contribution in [1.29, 1.82) is 0 Å². The zero-order valence-corrected chi connectivity index (χ0v) is 12.1. The van der Waals surface area contributed by atoms with Crippen LogP contribution in [-0.4, -0.2) is 37.8 Å². The van der Waals surface area contributed by atoms with Gasteiger partial charge < -0.3 is 19.9 Å². The Labute approximate surface area is 121 Å². The number of nitrogens with zero attached hydrogens (tertiary/aromatic N) is 1. The van der Waals surface area contributed by atoms with Crippen molar-refractivity contribution >= 4 is 11.7 Å². The molecule has 0 aliphatic carbocycles. The average molecular weight is 298 g/mol. The quantitative estimate of drug-likeness (QED) is 0.454. The van der Waals surface area contributed by atoms with E-state index in [-0.39, 0.29) is 30.0 Å². The van der Waals surface area contributed by atoms with Crippen molar-refractivity contribution in [3.05, 3.63) is 27.8 Å². The maximum Gasteiger partial charge on any atom is 0.323 e. The van der Waals surface area contributed by atoms with Gasteiger partial charge in [-0.3, -0.25) is 14.9 Å². The summed E-state index contributed by atoms with van der Waals surface area (Å²) in [4.78, 5) is 22.2. The van der Waals surface area contributed by atoms with Gasteiger partial charge in [0.15, 0.2) is 11.5 Å². The topological polar surface area (TPSA) is 114 Å². The SMILES string of the molecule is CCOC(=O)C(N)Cc1c([N+](=O)[O-])ccc(OC)c1OC. The van der Waals surface area contributed by atoms with E-state index in [2.05, 4.69) is 0 Å². The molecule has 1 aromatic carbocycles. The summed E-state index contributed by atoms with van der Waals surface area (Å²) in [5.41, 5.74) is 5.74. The summed E-state index contributed by atoms with van der Waals surface area (Å²) in [5.74, 6) is -0.114. The van der Waals surface area contributed by atoms with Gasteiger partial charge in [0.25, 0.3) is 5.69 Å². The van der Waals surface area contributed by atoms with E-state index in [1.54, 1.807) is 6.92 Å². The Hall–Kier alpha value is -2.35. The number of esters is 1. The predicted octanol–water partition coefficient (Wildman–Crippen LogP) is 1.04. The second kappa shape index (κ2) is 7.44. The number of ether oxygens (including phenoxy) is 3. The van der Waals surface area contributed by atoms with Gasteiger partial charge in [0.2, 0.25) is 0 Å². The monoisotopic (exact) mass is 298 g/mol. The van der Waals surface area contributed by atoms with Gasteiger partial charge >= 0.3 is 5.97 Å². The highest BCUT2D eigenvalue weighted by atomic mass is 16.6. The number of methoxy groups -OCH3 is 2. The zero-order valence-electron chi connectivity index (χ0n) is 12.1. The molecule has 0 bridgehead atoms. The molecule has 1 rings (SSSR count). The molecule has 8 heteroatoms. The molecule has 0 spiro atoms. The molecule has 1 atom stereocenters. The van der Waals surface area contributed by atoms with Gasteiger partial charge in [0.1, 0.15) is 6.04 Å². The van der Waals surface area contributed by atoms with Gasteiger partial charge in [0, 0.05) is 12.5 Å². The lowest BCUT2D eigenvalue weighted by atomic mass is 10.0. The van der Waals surface area contributed by atoms with Gasteiger partial charge in [0.05, 0.1) is 31.3 Å². The molecule has 1 aromatic rings. The van der Waals surface area contributed by atoms with Crippen molar-refractivity contribution in [3.8, 4) is 11.5 Å². The molecule has 0 aromatic heterocycles. The summed E-state index contributed by atoms with van der Waals surface area (Å²) in [5, 5.41) is 11.1. The third-order valence-electron chi connectivity index (χ3n) is 2.83. The summed E-state index contributed by atoms with van der Waals surface area (Å²) in [7, 11) is 2.78. The van der Waals surface area contributed by atoms with Gasteiger partial charge in [-0.1, -0.05) is 0 Å². The molecule has 0 fully saturated rings. The van der Waals surface area contributed by atoms with Crippen molar-refractivity contribution in [3.63, 3.8) is 0 Å². The molecule has 0 aliphatic rings. The van der Waals surface area contributed by atoms with Crippen molar-refractivity contribution in [2.45, 2.75) is 19.4 Å². The van der Waals surface area contributed by atoms with Gasteiger partial charge in [-0.05, 0) is 13.0 Å². The van der Waals surface area contributed by atoms with Crippen LogP contribution in [0.25, 0.3) is 0 Å². The highest BCUT2D eigenvalue weighted by Gasteiger charge is 2.27. The Kier molecular flexibility index (Phi) is 5.92. The first-order chi connectivity index (χ1) is 9.96. The molecule has 0 radical (unpaired) electrons. The number of carbonyl (C=O) groups is 1. The van der Waals surface area contributed by atoms with E-state index in [1.807, 2.05) is 0 Å². The van der Waals surface area contributed by atoms with Crippen LogP contribution in [0, 0.1) is 10.1 Å². The standard InChI is InChI=1S/C13H18N2O6/c1-4-21-13(16)9(14)7-8-10(15(17)18)5-6-11(19-2)12(8)20-3/h5-6,9H,4,7,14H2,1-3H3. The molecule has 1 unspecified atom stereocenters. The van der Waals surface area contributed by atoms with Crippen molar-refractivity contribution in [2.75, 3.05) is 20.8 Å². The number of hydrogen-bond acceptors (Lipinski definition) is 7. The summed E-state index contributed by atoms with van der Waals surface area (Å²) in [6.45, 7) is 1.84. The maximum atomic E-state index is 11.6. The van der Waals surface area contributed by atoms with Crippen LogP contribution in [0.1, 0.15) is 12.5 Å². The number of nitrogens with two attached hydrogens (primary N) is 1. The van der Waals surface area contributed by atoms with Gasteiger partial charge in [-0.25, -0.2) is 0 Å². The fourth-order valence-electron chi connectivity index (χ4n) is 1.90. The lowest BCUT2D eigenvalue weighted by Gasteiger charge is -2.15. The molecule has 21 heavy (non-hydrogen) atoms. The average Bonchev–Trinajstić information content (AvgIpc) is 2.46. The Morgan fingerprint density at radius 1 is 1.38 bits per heavy atom. The van der Waals surface area contributed by atoms with E-state index in [1.165, 1.54) is 26.4 Å². The number of nitro benzene ring substituents is 1. The van der Waals surface area contributed by atoms with E-state index in [0.29, 0.717) is 5.75 Å². The first-order valence-corrected chi connectivity index (χ1v) is 6.26. The van der Waals surface area contributed by atoms with Gasteiger partial charge in [-0.15, -0.1) is 0 Å². The maximum absolute atomic E-state index is 11.6. The van der Waals surface area contributed by atoms with Crippen molar-refractivity contribution in [1.82, 2.24) is 0 Å². The number of carbonyl (C=O) groups excluding carboxylic acids is 1. The van der Waals surface area contributed by atoms with Crippen LogP contribution >= 0.6 is 0 Å². The van der Waals surface area contributed by atoms with Crippen LogP contribution in [0.5, 0.6) is 11.5 Å². The third-order valence-corrected chi connectivity index (χ3v) is 2.83. The first-order valence-electron chi connectivity index (χ1n) is 6.26. The Bertz CT molecular complexity index is 532. The largest absolute Gasteiger partial charge is 0.493 e. The minimum atomic E-state index is -1.02. The summed E-state index contributed by atoms with van der Waals surface area (Å²) < 4.78 is 15.1. The van der Waals surface area contributed by atoms with Crippen LogP contribution in [0.3, 0.4) is 0 Å². The molecular formula is C13H18N2O6. The van der Waals surface area contributed by atoms with Crippen LogP contribution in [0.15, 0.2) is 12.1 Å². The lowest BCUT2D eigenvalue weighted by Crippen LogP contribution is -2.34. The fraction of sp³-hybridized carbons (Fsp3) is 0.462. The molecule has 0 heterocycles. The number of hydrogen-bond donors (Lipinski definition) is 1. The minimum absolute atomic E-state index is 0.0878. The predicted molar refractivity (Wildman–Crippen MR) is 74.5 cm³/mol. The third kappa shape index (κ3) is 3.82. The van der Waals surface area contributed by atoms with E-state index in [4.69, 9.17) is 19.9 Å². The van der Waals surface area contributed by atoms with Crippen molar-refractivity contribution < 1.29 is 23.9 Å². The zero-order chi connectivity index (χ0) is 16.0. The van der Waals surface area contributed by atoms with Crippen LogP contribution < -0.4 is 15.2 Å². The first kappa shape index (κ1) is 16.7. The lowest BCUT2D eigenvalue weighted by molar-refractivity contribution is -0.385. The number of nitro groups is 1. The second-order valence-corrected chi connectivity index (χ2v) is 4.12. The van der Waals surface area contributed by atoms with E-state index in [9.17, 15) is 14.9 Å². The van der Waals surface area contributed by atoms with E-state index < -0.39 is 16.9 Å². The second-order valence-electron chi connectivity index (χ2n) is 4.12. The fourth-order valence-corrected chi connectivity index (χ4v) is 1.90. The minimum Gasteiger partial charge on any atom is -0.493 e. The Balaban J connectivity index is 3.23. The molecule has 0 saturated carbocycles. The highest BCUT2D eigenvalue weighted by molar-refractivity contribution is 5.76. The molecule has 8 nitrogen and oxygen atoms in total. The Morgan fingerprint density at radius 2 is 2.05 bits per heavy atom. The highest BCUT2D eigenvalue weighted by Crippen LogP contribution is 2.37.